The minimum Gasteiger partial charge on any atom is -0.393 e. The summed E-state index contributed by atoms with van der Waals surface area (Å²) in [6.45, 7) is 1.34. The molecule has 0 fully saturated rings. The molecule has 0 spiro atoms. The molecule has 5 nitrogen and oxygen atoms in total. The standard InChI is InChI=1S/C17H21N3O2S/c21-14(11-19-10-13-3-2-7-18-9-13)12-22-20-16-4-1-5-17-15(16)6-8-23-17/h2-3,6-9,14,19,21H,1,4-5,10-12H2/b20-16-. The van der Waals surface area contributed by atoms with Crippen LogP contribution < -0.4 is 5.32 Å². The van der Waals surface area contributed by atoms with Crippen molar-refractivity contribution in [2.75, 3.05) is 13.2 Å². The van der Waals surface area contributed by atoms with Crippen molar-refractivity contribution in [3.63, 3.8) is 0 Å². The fourth-order valence-electron chi connectivity index (χ4n) is 2.58. The first-order valence-corrected chi connectivity index (χ1v) is 8.74. The van der Waals surface area contributed by atoms with Crippen molar-refractivity contribution in [3.05, 3.63) is 52.0 Å². The summed E-state index contributed by atoms with van der Waals surface area (Å²) in [6, 6.07) is 6.00. The molecule has 1 atom stereocenters. The van der Waals surface area contributed by atoms with E-state index in [2.05, 4.69) is 26.9 Å². The van der Waals surface area contributed by atoms with E-state index in [0.717, 1.165) is 30.5 Å². The van der Waals surface area contributed by atoms with Crippen LogP contribution in [0, 0.1) is 0 Å². The molecule has 0 saturated carbocycles. The van der Waals surface area contributed by atoms with Gasteiger partial charge in [-0.25, -0.2) is 0 Å². The van der Waals surface area contributed by atoms with Gasteiger partial charge < -0.3 is 15.3 Å². The predicted octanol–water partition coefficient (Wildman–Crippen LogP) is 2.35. The van der Waals surface area contributed by atoms with E-state index in [4.69, 9.17) is 4.84 Å². The van der Waals surface area contributed by atoms with E-state index < -0.39 is 6.10 Å². The van der Waals surface area contributed by atoms with Gasteiger partial charge in [0.2, 0.25) is 0 Å². The maximum atomic E-state index is 9.94. The second-order valence-corrected chi connectivity index (χ2v) is 6.59. The number of aromatic nitrogens is 1. The maximum Gasteiger partial charge on any atom is 0.144 e. The first-order valence-electron chi connectivity index (χ1n) is 7.86. The highest BCUT2D eigenvalue weighted by Crippen LogP contribution is 2.26. The summed E-state index contributed by atoms with van der Waals surface area (Å²) in [5, 5.41) is 19.5. The molecule has 0 radical (unpaired) electrons. The van der Waals surface area contributed by atoms with Gasteiger partial charge in [-0.1, -0.05) is 11.2 Å². The molecule has 0 aliphatic heterocycles. The summed E-state index contributed by atoms with van der Waals surface area (Å²) in [4.78, 5) is 10.8. The monoisotopic (exact) mass is 331 g/mol. The Balaban J connectivity index is 1.40. The third kappa shape index (κ3) is 4.60. The average Bonchev–Trinajstić information content (AvgIpc) is 3.05. The number of fused-ring (bicyclic) bond motifs is 1. The van der Waals surface area contributed by atoms with Gasteiger partial charge in [0, 0.05) is 35.9 Å². The minimum atomic E-state index is -0.582. The quantitative estimate of drug-likeness (QED) is 0.764. The number of thiophene rings is 1. The molecule has 1 aliphatic rings. The van der Waals surface area contributed by atoms with Gasteiger partial charge in [-0.2, -0.15) is 0 Å². The first kappa shape index (κ1) is 16.1. The predicted molar refractivity (Wildman–Crippen MR) is 91.7 cm³/mol. The van der Waals surface area contributed by atoms with Gasteiger partial charge in [0.05, 0.1) is 5.71 Å². The maximum absolute atomic E-state index is 9.94. The lowest BCUT2D eigenvalue weighted by molar-refractivity contribution is 0.0400. The molecular weight excluding hydrogens is 310 g/mol. The van der Waals surface area contributed by atoms with Gasteiger partial charge in [-0.05, 0) is 42.3 Å². The topological polar surface area (TPSA) is 66.7 Å². The van der Waals surface area contributed by atoms with Crippen LogP contribution in [0.25, 0.3) is 0 Å². The van der Waals surface area contributed by atoms with Crippen LogP contribution in [0.5, 0.6) is 0 Å². The number of pyridine rings is 1. The lowest BCUT2D eigenvalue weighted by Gasteiger charge is -2.14. The van der Waals surface area contributed by atoms with Gasteiger partial charge in [-0.15, -0.1) is 11.3 Å². The van der Waals surface area contributed by atoms with Crippen molar-refractivity contribution in [1.29, 1.82) is 0 Å². The molecule has 2 N–H and O–H groups in total. The molecule has 1 aliphatic carbocycles. The summed E-state index contributed by atoms with van der Waals surface area (Å²) in [5.41, 5.74) is 3.31. The molecule has 2 heterocycles. The zero-order valence-corrected chi connectivity index (χ0v) is 13.8. The van der Waals surface area contributed by atoms with E-state index in [1.807, 2.05) is 18.3 Å². The Kier molecular flexibility index (Phi) is 5.74. The Morgan fingerprint density at radius 3 is 3.22 bits per heavy atom. The van der Waals surface area contributed by atoms with Gasteiger partial charge in [0.15, 0.2) is 0 Å². The van der Waals surface area contributed by atoms with E-state index in [-0.39, 0.29) is 6.61 Å². The lowest BCUT2D eigenvalue weighted by Crippen LogP contribution is -2.29. The second kappa shape index (κ2) is 8.19. The average molecular weight is 331 g/mol. The van der Waals surface area contributed by atoms with Crippen LogP contribution in [0.15, 0.2) is 41.1 Å². The van der Waals surface area contributed by atoms with Crippen molar-refractivity contribution in [1.82, 2.24) is 10.3 Å². The molecular formula is C17H21N3O2S. The van der Waals surface area contributed by atoms with Crippen LogP contribution in [-0.4, -0.2) is 35.1 Å². The van der Waals surface area contributed by atoms with E-state index in [9.17, 15) is 5.11 Å². The van der Waals surface area contributed by atoms with Crippen LogP contribution in [-0.2, 0) is 17.8 Å². The fraction of sp³-hybridized carbons (Fsp3) is 0.412. The van der Waals surface area contributed by atoms with E-state index in [1.54, 1.807) is 17.5 Å². The van der Waals surface area contributed by atoms with Crippen LogP contribution in [0.2, 0.25) is 0 Å². The smallest absolute Gasteiger partial charge is 0.144 e. The molecule has 0 amide bonds. The van der Waals surface area contributed by atoms with E-state index in [1.165, 1.54) is 10.4 Å². The highest BCUT2D eigenvalue weighted by molar-refractivity contribution is 7.10. The van der Waals surface area contributed by atoms with Gasteiger partial charge in [-0.3, -0.25) is 4.98 Å². The summed E-state index contributed by atoms with van der Waals surface area (Å²) >= 11 is 1.78. The number of aryl methyl sites for hydroxylation is 1. The molecule has 0 saturated heterocycles. The Bertz CT molecular complexity index is 642. The molecule has 1 unspecified atom stereocenters. The number of nitrogens with one attached hydrogen (secondary N) is 1. The summed E-state index contributed by atoms with van der Waals surface area (Å²) in [5.74, 6) is 0. The number of aliphatic hydroxyl groups excluding tert-OH is 1. The molecule has 0 bridgehead atoms. The normalized spacial score (nSPS) is 17.0. The summed E-state index contributed by atoms with van der Waals surface area (Å²) in [7, 11) is 0. The number of hydrogen-bond acceptors (Lipinski definition) is 6. The Labute approximate surface area is 140 Å². The number of oxime groups is 1. The van der Waals surface area contributed by atoms with E-state index >= 15 is 0 Å². The highest BCUT2D eigenvalue weighted by atomic mass is 32.1. The number of rotatable bonds is 7. The zero-order chi connectivity index (χ0) is 15.9. The Morgan fingerprint density at radius 1 is 1.39 bits per heavy atom. The van der Waals surface area contributed by atoms with Crippen LogP contribution >= 0.6 is 11.3 Å². The summed E-state index contributed by atoms with van der Waals surface area (Å²) in [6.07, 6.45) is 6.16. The SMILES string of the molecule is OC(CNCc1cccnc1)CO/N=C1/CCCc2sccc21. The second-order valence-electron chi connectivity index (χ2n) is 5.59. The van der Waals surface area contributed by atoms with Crippen LogP contribution in [0.3, 0.4) is 0 Å². The Morgan fingerprint density at radius 2 is 2.35 bits per heavy atom. The molecule has 122 valence electrons. The van der Waals surface area contributed by atoms with Crippen molar-refractivity contribution in [3.8, 4) is 0 Å². The third-order valence-corrected chi connectivity index (χ3v) is 4.73. The lowest BCUT2D eigenvalue weighted by atomic mass is 9.97. The van der Waals surface area contributed by atoms with E-state index in [0.29, 0.717) is 13.1 Å². The van der Waals surface area contributed by atoms with Crippen LogP contribution in [0.1, 0.15) is 28.8 Å². The Hall–Kier alpha value is -1.76. The highest BCUT2D eigenvalue weighted by Gasteiger charge is 2.17. The molecule has 2 aromatic rings. The van der Waals surface area contributed by atoms with Crippen molar-refractivity contribution in [2.24, 2.45) is 5.16 Å². The fourth-order valence-corrected chi connectivity index (χ4v) is 3.53. The molecule has 3 rings (SSSR count). The van der Waals surface area contributed by atoms with Gasteiger partial charge in [0.1, 0.15) is 12.7 Å². The number of hydrogen-bond donors (Lipinski definition) is 2. The molecule has 2 aromatic heterocycles. The van der Waals surface area contributed by atoms with Gasteiger partial charge in [0.25, 0.3) is 0 Å². The first-order chi connectivity index (χ1) is 11.3. The van der Waals surface area contributed by atoms with Crippen molar-refractivity contribution in [2.45, 2.75) is 31.9 Å². The number of nitrogens with zero attached hydrogens (tertiary/aromatic N) is 2. The molecule has 6 heteroatoms. The number of aliphatic hydroxyl groups is 1. The molecule has 23 heavy (non-hydrogen) atoms. The van der Waals surface area contributed by atoms with Gasteiger partial charge >= 0.3 is 0 Å². The zero-order valence-electron chi connectivity index (χ0n) is 12.9. The summed E-state index contributed by atoms with van der Waals surface area (Å²) < 4.78 is 0. The molecule has 0 aromatic carbocycles. The van der Waals surface area contributed by atoms with Crippen LogP contribution in [0.4, 0.5) is 0 Å². The van der Waals surface area contributed by atoms with Crippen molar-refractivity contribution >= 4 is 17.0 Å². The van der Waals surface area contributed by atoms with Crippen molar-refractivity contribution < 1.29 is 9.94 Å². The largest absolute Gasteiger partial charge is 0.393 e. The third-order valence-electron chi connectivity index (χ3n) is 3.75. The minimum absolute atomic E-state index is 0.197.